The van der Waals surface area contributed by atoms with Crippen molar-refractivity contribution in [2.75, 3.05) is 13.9 Å². The molecule has 6 heteroatoms. The fourth-order valence-corrected chi connectivity index (χ4v) is 3.81. The number of carbonyl (C=O) groups is 1. The predicted octanol–water partition coefficient (Wildman–Crippen LogP) is 3.85. The van der Waals surface area contributed by atoms with Gasteiger partial charge in [-0.05, 0) is 56.9 Å². The number of hydrogen-bond donors (Lipinski definition) is 1. The number of nitrogens with one attached hydrogen (secondary N) is 1. The molecule has 1 saturated carbocycles. The number of benzene rings is 2. The Morgan fingerprint density at radius 2 is 1.86 bits per heavy atom. The maximum Gasteiger partial charge on any atom is 0.251 e. The van der Waals surface area contributed by atoms with Gasteiger partial charge in [-0.25, -0.2) is 0 Å². The summed E-state index contributed by atoms with van der Waals surface area (Å²) in [6, 6.07) is 11.4. The minimum Gasteiger partial charge on any atom is -0.496 e. The zero-order chi connectivity index (χ0) is 19.5. The van der Waals surface area contributed by atoms with Gasteiger partial charge >= 0.3 is 0 Å². The minimum absolute atomic E-state index is 0.0449. The zero-order valence-electron chi connectivity index (χ0n) is 16.2. The van der Waals surface area contributed by atoms with Crippen LogP contribution in [0.2, 0.25) is 0 Å². The largest absolute Gasteiger partial charge is 0.496 e. The molecule has 2 aromatic carbocycles. The van der Waals surface area contributed by atoms with E-state index in [1.165, 1.54) is 0 Å². The lowest BCUT2D eigenvalue weighted by atomic mass is 9.92. The summed E-state index contributed by atoms with van der Waals surface area (Å²) in [6.07, 6.45) is 3.73. The van der Waals surface area contributed by atoms with Crippen molar-refractivity contribution in [3.8, 4) is 23.0 Å². The summed E-state index contributed by atoms with van der Waals surface area (Å²) in [5, 5.41) is 3.16. The van der Waals surface area contributed by atoms with E-state index >= 15 is 0 Å². The van der Waals surface area contributed by atoms with Gasteiger partial charge in [-0.1, -0.05) is 6.07 Å². The van der Waals surface area contributed by atoms with Gasteiger partial charge in [-0.2, -0.15) is 0 Å². The number of fused-ring (bicyclic) bond motifs is 1. The van der Waals surface area contributed by atoms with Crippen molar-refractivity contribution in [1.29, 1.82) is 0 Å². The monoisotopic (exact) mass is 383 g/mol. The summed E-state index contributed by atoms with van der Waals surface area (Å²) in [5.41, 5.74) is 1.53. The molecule has 0 aromatic heterocycles. The van der Waals surface area contributed by atoms with Crippen molar-refractivity contribution >= 4 is 5.91 Å². The average Bonchev–Trinajstić information content (AvgIpc) is 3.17. The Morgan fingerprint density at radius 3 is 2.64 bits per heavy atom. The van der Waals surface area contributed by atoms with Crippen LogP contribution in [-0.4, -0.2) is 32.0 Å². The van der Waals surface area contributed by atoms with Crippen LogP contribution in [0.4, 0.5) is 0 Å². The highest BCUT2D eigenvalue weighted by atomic mass is 16.7. The van der Waals surface area contributed by atoms with E-state index < -0.39 is 0 Å². The van der Waals surface area contributed by atoms with Gasteiger partial charge in [0.2, 0.25) is 6.79 Å². The van der Waals surface area contributed by atoms with Crippen molar-refractivity contribution in [2.45, 2.75) is 44.8 Å². The molecule has 1 fully saturated rings. The minimum atomic E-state index is -0.0449. The molecule has 6 nitrogen and oxygen atoms in total. The second kappa shape index (κ2) is 8.00. The summed E-state index contributed by atoms with van der Waals surface area (Å²) in [7, 11) is 1.62. The lowest BCUT2D eigenvalue weighted by Gasteiger charge is -2.29. The highest BCUT2D eigenvalue weighted by molar-refractivity contribution is 5.96. The molecule has 0 atom stereocenters. The van der Waals surface area contributed by atoms with Gasteiger partial charge in [0.25, 0.3) is 5.91 Å². The van der Waals surface area contributed by atoms with Crippen molar-refractivity contribution in [1.82, 2.24) is 5.32 Å². The lowest BCUT2D eigenvalue weighted by Crippen LogP contribution is -2.39. The molecule has 0 spiro atoms. The molecule has 1 N–H and O–H groups in total. The number of amides is 1. The smallest absolute Gasteiger partial charge is 0.251 e. The second-order valence-corrected chi connectivity index (χ2v) is 7.21. The molecular weight excluding hydrogens is 358 g/mol. The van der Waals surface area contributed by atoms with Crippen LogP contribution in [0.5, 0.6) is 23.0 Å². The van der Waals surface area contributed by atoms with Crippen LogP contribution in [0, 0.1) is 6.92 Å². The number of methoxy groups -OCH3 is 1. The first-order chi connectivity index (χ1) is 13.6. The first kappa shape index (κ1) is 18.5. The third kappa shape index (κ3) is 3.86. The van der Waals surface area contributed by atoms with E-state index in [2.05, 4.69) is 5.32 Å². The molecule has 4 rings (SSSR count). The average molecular weight is 383 g/mol. The van der Waals surface area contributed by atoms with E-state index in [1.54, 1.807) is 7.11 Å². The van der Waals surface area contributed by atoms with Gasteiger partial charge < -0.3 is 24.3 Å². The van der Waals surface area contributed by atoms with Gasteiger partial charge in [0, 0.05) is 23.2 Å². The van der Waals surface area contributed by atoms with Gasteiger partial charge in [0.1, 0.15) is 11.5 Å². The molecule has 0 unspecified atom stereocenters. The summed E-state index contributed by atoms with van der Waals surface area (Å²) in [4.78, 5) is 12.7. The van der Waals surface area contributed by atoms with E-state index in [0.29, 0.717) is 5.56 Å². The maximum absolute atomic E-state index is 12.7. The number of ether oxygens (including phenoxy) is 4. The Hall–Kier alpha value is -2.89. The van der Waals surface area contributed by atoms with Gasteiger partial charge in [-0.15, -0.1) is 0 Å². The Balaban J connectivity index is 1.30. The van der Waals surface area contributed by atoms with Crippen LogP contribution in [0.25, 0.3) is 0 Å². The van der Waals surface area contributed by atoms with Gasteiger partial charge in [-0.3, -0.25) is 4.79 Å². The zero-order valence-corrected chi connectivity index (χ0v) is 16.2. The molecule has 2 aliphatic rings. The Morgan fingerprint density at radius 1 is 1.07 bits per heavy atom. The highest BCUT2D eigenvalue weighted by Gasteiger charge is 2.25. The van der Waals surface area contributed by atoms with E-state index in [0.717, 1.165) is 54.2 Å². The van der Waals surface area contributed by atoms with Crippen molar-refractivity contribution in [2.24, 2.45) is 0 Å². The number of rotatable bonds is 5. The fourth-order valence-electron chi connectivity index (χ4n) is 3.81. The Kier molecular flexibility index (Phi) is 5.28. The van der Waals surface area contributed by atoms with Crippen molar-refractivity contribution in [3.63, 3.8) is 0 Å². The molecule has 0 radical (unpaired) electrons. The Labute approximate surface area is 164 Å². The Bertz CT molecular complexity index is 858. The van der Waals surface area contributed by atoms with E-state index in [9.17, 15) is 4.79 Å². The first-order valence-electron chi connectivity index (χ1n) is 9.65. The SMILES string of the molecule is COc1cccc(C(=O)NC2CCC(Oc3ccc4c(c3)OCO4)CC2)c1C. The van der Waals surface area contributed by atoms with Crippen LogP contribution < -0.4 is 24.3 Å². The van der Waals surface area contributed by atoms with Gasteiger partial charge in [0.15, 0.2) is 11.5 Å². The highest BCUT2D eigenvalue weighted by Crippen LogP contribution is 2.36. The predicted molar refractivity (Wildman–Crippen MR) is 104 cm³/mol. The molecule has 0 saturated heterocycles. The van der Waals surface area contributed by atoms with E-state index in [4.69, 9.17) is 18.9 Å². The standard InChI is InChI=1S/C22H25NO5/c1-14-18(4-3-5-19(14)25-2)22(24)23-15-6-8-16(9-7-15)28-17-10-11-20-21(12-17)27-13-26-20/h3-5,10-12,15-16H,6-9,13H2,1-2H3,(H,23,24). The number of hydrogen-bond acceptors (Lipinski definition) is 5. The molecular formula is C22H25NO5. The third-order valence-electron chi connectivity index (χ3n) is 5.40. The molecule has 1 aliphatic carbocycles. The molecule has 0 bridgehead atoms. The summed E-state index contributed by atoms with van der Waals surface area (Å²) < 4.78 is 22.1. The van der Waals surface area contributed by atoms with Gasteiger partial charge in [0.05, 0.1) is 13.2 Å². The van der Waals surface area contributed by atoms with Crippen LogP contribution >= 0.6 is 0 Å². The number of carbonyl (C=O) groups excluding carboxylic acids is 1. The van der Waals surface area contributed by atoms with Crippen LogP contribution in [-0.2, 0) is 0 Å². The topological polar surface area (TPSA) is 66.0 Å². The summed E-state index contributed by atoms with van der Waals surface area (Å²) in [5.74, 6) is 2.97. The summed E-state index contributed by atoms with van der Waals surface area (Å²) in [6.45, 7) is 2.17. The third-order valence-corrected chi connectivity index (χ3v) is 5.40. The molecule has 1 amide bonds. The second-order valence-electron chi connectivity index (χ2n) is 7.21. The first-order valence-corrected chi connectivity index (χ1v) is 9.65. The van der Waals surface area contributed by atoms with Crippen molar-refractivity contribution < 1.29 is 23.7 Å². The van der Waals surface area contributed by atoms with E-state index in [-0.39, 0.29) is 24.8 Å². The molecule has 2 aromatic rings. The molecule has 1 aliphatic heterocycles. The van der Waals surface area contributed by atoms with Crippen LogP contribution in [0.15, 0.2) is 36.4 Å². The normalized spacial score (nSPS) is 20.5. The quantitative estimate of drug-likeness (QED) is 0.849. The maximum atomic E-state index is 12.7. The van der Waals surface area contributed by atoms with E-state index in [1.807, 2.05) is 43.3 Å². The molecule has 28 heavy (non-hydrogen) atoms. The molecule has 148 valence electrons. The fraction of sp³-hybridized carbons (Fsp3) is 0.409. The molecule has 1 heterocycles. The van der Waals surface area contributed by atoms with Crippen LogP contribution in [0.3, 0.4) is 0 Å². The van der Waals surface area contributed by atoms with Crippen LogP contribution in [0.1, 0.15) is 41.6 Å². The van der Waals surface area contributed by atoms with Crippen molar-refractivity contribution in [3.05, 3.63) is 47.5 Å². The summed E-state index contributed by atoms with van der Waals surface area (Å²) >= 11 is 0. The lowest BCUT2D eigenvalue weighted by molar-refractivity contribution is 0.0892.